The lowest BCUT2D eigenvalue weighted by Crippen LogP contribution is -2.35. The molecule has 1 aliphatic rings. The molecule has 0 spiro atoms. The van der Waals surface area contributed by atoms with Crippen molar-refractivity contribution in [3.8, 4) is 5.75 Å². The molecule has 7 heteroatoms. The molecular weight excluding hydrogens is 374 g/mol. The van der Waals surface area contributed by atoms with E-state index >= 15 is 0 Å². The lowest BCUT2D eigenvalue weighted by Gasteiger charge is -2.26. The van der Waals surface area contributed by atoms with Gasteiger partial charge < -0.3 is 20.3 Å². The van der Waals surface area contributed by atoms with Crippen LogP contribution in [0.2, 0.25) is 0 Å². The molecule has 2 atom stereocenters. The maximum atomic E-state index is 12.7. The van der Waals surface area contributed by atoms with Crippen molar-refractivity contribution in [2.24, 2.45) is 0 Å². The summed E-state index contributed by atoms with van der Waals surface area (Å²) in [5, 5.41) is 5.74. The van der Waals surface area contributed by atoms with Gasteiger partial charge in [-0.15, -0.1) is 11.8 Å². The van der Waals surface area contributed by atoms with Crippen molar-refractivity contribution in [2.75, 3.05) is 33.1 Å². The highest BCUT2D eigenvalue weighted by atomic mass is 32.2. The van der Waals surface area contributed by atoms with Gasteiger partial charge in [0.25, 0.3) is 5.91 Å². The van der Waals surface area contributed by atoms with Gasteiger partial charge in [0.1, 0.15) is 5.75 Å². The molecule has 0 saturated carbocycles. The van der Waals surface area contributed by atoms with E-state index in [0.29, 0.717) is 17.8 Å². The van der Waals surface area contributed by atoms with E-state index in [1.54, 1.807) is 19.2 Å². The molecule has 2 amide bonds. The number of para-hydroxylation sites is 1. The molecule has 0 aliphatic carbocycles. The minimum atomic E-state index is -0.178. The van der Waals surface area contributed by atoms with E-state index in [1.165, 1.54) is 11.8 Å². The number of methoxy groups -OCH3 is 1. The number of benzene rings is 2. The summed E-state index contributed by atoms with van der Waals surface area (Å²) in [4.78, 5) is 27.6. The summed E-state index contributed by atoms with van der Waals surface area (Å²) in [6.45, 7) is 2.30. The van der Waals surface area contributed by atoms with Gasteiger partial charge in [-0.3, -0.25) is 9.59 Å². The summed E-state index contributed by atoms with van der Waals surface area (Å²) in [6, 6.07) is 13.2. The molecule has 1 heterocycles. The smallest absolute Gasteiger partial charge is 0.251 e. The van der Waals surface area contributed by atoms with E-state index in [4.69, 9.17) is 4.74 Å². The van der Waals surface area contributed by atoms with Crippen LogP contribution in [0.5, 0.6) is 5.75 Å². The quantitative estimate of drug-likeness (QED) is 0.781. The van der Waals surface area contributed by atoms with Gasteiger partial charge >= 0.3 is 0 Å². The summed E-state index contributed by atoms with van der Waals surface area (Å²) in [5.74, 6) is 0.569. The van der Waals surface area contributed by atoms with Gasteiger partial charge in [0.15, 0.2) is 0 Å². The number of rotatable bonds is 6. The highest BCUT2D eigenvalue weighted by Crippen LogP contribution is 2.36. The van der Waals surface area contributed by atoms with Crippen molar-refractivity contribution in [3.05, 3.63) is 53.6 Å². The van der Waals surface area contributed by atoms with Crippen LogP contribution in [0.4, 0.5) is 5.69 Å². The number of hydrogen-bond donors (Lipinski definition) is 2. The van der Waals surface area contributed by atoms with Crippen LogP contribution < -0.4 is 15.4 Å². The highest BCUT2D eigenvalue weighted by molar-refractivity contribution is 8.00. The fourth-order valence-corrected chi connectivity index (χ4v) is 4.08. The van der Waals surface area contributed by atoms with Crippen LogP contribution in [0.25, 0.3) is 0 Å². The number of anilines is 1. The average Bonchev–Trinajstić information content (AvgIpc) is 2.68. The van der Waals surface area contributed by atoms with E-state index in [-0.39, 0.29) is 23.1 Å². The number of ether oxygens (including phenoxy) is 1. The molecule has 1 aliphatic heterocycles. The number of likely N-dealkylation sites (N-methyl/N-ethyl adjacent to an activating group) is 1. The maximum Gasteiger partial charge on any atom is 0.251 e. The molecule has 0 saturated heterocycles. The third kappa shape index (κ3) is 4.31. The Morgan fingerprint density at radius 2 is 2.04 bits per heavy atom. The molecule has 2 aromatic carbocycles. The van der Waals surface area contributed by atoms with E-state index < -0.39 is 0 Å². The van der Waals surface area contributed by atoms with Crippen LogP contribution in [0.1, 0.15) is 28.9 Å². The summed E-state index contributed by atoms with van der Waals surface area (Å²) in [7, 11) is 5.58. The van der Waals surface area contributed by atoms with Crippen LogP contribution in [-0.4, -0.2) is 49.7 Å². The second-order valence-corrected chi connectivity index (χ2v) is 8.27. The zero-order valence-corrected chi connectivity index (χ0v) is 17.3. The number of amides is 2. The zero-order chi connectivity index (χ0) is 20.3. The summed E-state index contributed by atoms with van der Waals surface area (Å²) in [5.41, 5.74) is 2.22. The molecular formula is C21H25N3O3S. The Kier molecular flexibility index (Phi) is 6.26. The molecule has 0 radical (unpaired) electrons. The number of hydrogen-bond acceptors (Lipinski definition) is 5. The number of nitrogens with zero attached hydrogens (tertiary/aromatic N) is 1. The first-order valence-electron chi connectivity index (χ1n) is 9.09. The Balaban J connectivity index is 1.74. The second-order valence-electron chi connectivity index (χ2n) is 6.89. The van der Waals surface area contributed by atoms with Gasteiger partial charge in [0, 0.05) is 22.6 Å². The standard InChI is InChI=1S/C21H25N3O3S/c1-13-20(25)23-16-11-14(9-10-19(16)28-13)21(26)22-12-17(24(2)3)15-7-5-6-8-18(15)27-4/h5-11,13,17H,12H2,1-4H3,(H,22,26)(H,23,25)/t13-,17-/m0/s1. The molecule has 0 aromatic heterocycles. The number of carbonyl (C=O) groups is 2. The number of nitrogens with one attached hydrogen (secondary N) is 2. The van der Waals surface area contributed by atoms with Crippen molar-refractivity contribution < 1.29 is 14.3 Å². The van der Waals surface area contributed by atoms with E-state index in [0.717, 1.165) is 16.2 Å². The number of carbonyl (C=O) groups excluding carboxylic acids is 2. The molecule has 6 nitrogen and oxygen atoms in total. The van der Waals surface area contributed by atoms with Crippen LogP contribution >= 0.6 is 11.8 Å². The Morgan fingerprint density at radius 3 is 2.75 bits per heavy atom. The van der Waals surface area contributed by atoms with Gasteiger partial charge in [0.2, 0.25) is 5.91 Å². The Morgan fingerprint density at radius 1 is 1.29 bits per heavy atom. The van der Waals surface area contributed by atoms with E-state index in [1.807, 2.05) is 56.3 Å². The molecule has 28 heavy (non-hydrogen) atoms. The zero-order valence-electron chi connectivity index (χ0n) is 16.5. The summed E-state index contributed by atoms with van der Waals surface area (Å²) < 4.78 is 5.47. The monoisotopic (exact) mass is 399 g/mol. The first-order chi connectivity index (χ1) is 13.4. The van der Waals surface area contributed by atoms with Crippen molar-refractivity contribution >= 4 is 29.3 Å². The number of thioether (sulfide) groups is 1. The predicted octanol–water partition coefficient (Wildman–Crippen LogP) is 3.16. The van der Waals surface area contributed by atoms with E-state index in [2.05, 4.69) is 10.6 Å². The number of fused-ring (bicyclic) bond motifs is 1. The third-order valence-electron chi connectivity index (χ3n) is 4.75. The van der Waals surface area contributed by atoms with Crippen molar-refractivity contribution in [2.45, 2.75) is 23.1 Å². The lowest BCUT2D eigenvalue weighted by molar-refractivity contribution is -0.115. The molecule has 0 bridgehead atoms. The predicted molar refractivity (Wildman–Crippen MR) is 112 cm³/mol. The molecule has 0 unspecified atom stereocenters. The van der Waals surface area contributed by atoms with Crippen LogP contribution in [0.3, 0.4) is 0 Å². The SMILES string of the molecule is COc1ccccc1[C@H](CNC(=O)c1ccc2c(c1)NC(=O)[C@H](C)S2)N(C)C. The average molecular weight is 400 g/mol. The second kappa shape index (κ2) is 8.67. The lowest BCUT2D eigenvalue weighted by atomic mass is 10.0. The highest BCUT2D eigenvalue weighted by Gasteiger charge is 2.24. The summed E-state index contributed by atoms with van der Waals surface area (Å²) in [6.07, 6.45) is 0. The third-order valence-corrected chi connectivity index (χ3v) is 5.93. The van der Waals surface area contributed by atoms with Crippen molar-refractivity contribution in [3.63, 3.8) is 0 Å². The fourth-order valence-electron chi connectivity index (χ4n) is 3.15. The first kappa shape index (κ1) is 20.2. The van der Waals surface area contributed by atoms with Gasteiger partial charge in [-0.05, 0) is 45.3 Å². The minimum absolute atomic E-state index is 0.0335. The largest absolute Gasteiger partial charge is 0.496 e. The van der Waals surface area contributed by atoms with Crippen LogP contribution in [0, 0.1) is 0 Å². The van der Waals surface area contributed by atoms with Crippen molar-refractivity contribution in [1.82, 2.24) is 10.2 Å². The summed E-state index contributed by atoms with van der Waals surface area (Å²) >= 11 is 1.50. The minimum Gasteiger partial charge on any atom is -0.496 e. The molecule has 0 fully saturated rings. The topological polar surface area (TPSA) is 70.7 Å². The van der Waals surface area contributed by atoms with Crippen molar-refractivity contribution in [1.29, 1.82) is 0 Å². The first-order valence-corrected chi connectivity index (χ1v) is 9.97. The molecule has 148 valence electrons. The van der Waals surface area contributed by atoms with Gasteiger partial charge in [-0.1, -0.05) is 18.2 Å². The molecule has 2 N–H and O–H groups in total. The normalized spacial score (nSPS) is 16.9. The van der Waals surface area contributed by atoms with Gasteiger partial charge in [0.05, 0.1) is 24.1 Å². The Bertz CT molecular complexity index is 885. The Hall–Kier alpha value is -2.51. The van der Waals surface area contributed by atoms with Crippen LogP contribution in [-0.2, 0) is 4.79 Å². The maximum absolute atomic E-state index is 12.7. The van der Waals surface area contributed by atoms with Gasteiger partial charge in [-0.2, -0.15) is 0 Å². The Labute approximate surface area is 169 Å². The molecule has 3 rings (SSSR count). The van der Waals surface area contributed by atoms with E-state index in [9.17, 15) is 9.59 Å². The molecule has 2 aromatic rings. The van der Waals surface area contributed by atoms with Crippen LogP contribution in [0.15, 0.2) is 47.4 Å². The van der Waals surface area contributed by atoms with Gasteiger partial charge in [-0.25, -0.2) is 0 Å². The fraction of sp³-hybridized carbons (Fsp3) is 0.333.